The Morgan fingerprint density at radius 2 is 2.38 bits per heavy atom. The largest absolute Gasteiger partial charge is 0.465 e. The highest BCUT2D eigenvalue weighted by Crippen LogP contribution is 2.14. The molecule has 2 rings (SSSR count). The van der Waals surface area contributed by atoms with Crippen molar-refractivity contribution in [2.45, 2.75) is 6.42 Å². The summed E-state index contributed by atoms with van der Waals surface area (Å²) in [4.78, 5) is 11.3. The summed E-state index contributed by atoms with van der Waals surface area (Å²) >= 11 is 0. The van der Waals surface area contributed by atoms with Gasteiger partial charge >= 0.3 is 5.97 Å². The highest BCUT2D eigenvalue weighted by Gasteiger charge is 2.27. The van der Waals surface area contributed by atoms with Crippen molar-refractivity contribution in [3.05, 3.63) is 0 Å². The van der Waals surface area contributed by atoms with E-state index in [0.717, 1.165) is 32.7 Å². The molecule has 74 valence electrons. The van der Waals surface area contributed by atoms with Crippen LogP contribution < -0.4 is 5.32 Å². The molecule has 0 spiro atoms. The van der Waals surface area contributed by atoms with Gasteiger partial charge in [0.15, 0.2) is 0 Å². The fourth-order valence-corrected chi connectivity index (χ4v) is 1.49. The molecule has 1 atom stereocenters. The number of hydrogen-bond acceptors (Lipinski definition) is 4. The maximum Gasteiger partial charge on any atom is 0.311 e. The predicted molar refractivity (Wildman–Crippen MR) is 46.2 cm³/mol. The molecule has 1 N–H and O–H groups in total. The summed E-state index contributed by atoms with van der Waals surface area (Å²) in [6.07, 6.45) is 1.02. The fraction of sp³-hybridized carbons (Fsp3) is 0.889. The lowest BCUT2D eigenvalue weighted by Crippen LogP contribution is -2.47. The highest BCUT2D eigenvalue weighted by molar-refractivity contribution is 5.73. The van der Waals surface area contributed by atoms with E-state index in [1.807, 2.05) is 0 Å². The Balaban J connectivity index is 1.63. The molecule has 2 fully saturated rings. The molecule has 0 radical (unpaired) electrons. The van der Waals surface area contributed by atoms with Crippen molar-refractivity contribution in [2.24, 2.45) is 11.8 Å². The third kappa shape index (κ3) is 2.19. The summed E-state index contributed by atoms with van der Waals surface area (Å²) < 4.78 is 10.4. The van der Waals surface area contributed by atoms with Crippen molar-refractivity contribution in [3.8, 4) is 0 Å². The van der Waals surface area contributed by atoms with Crippen molar-refractivity contribution < 1.29 is 14.3 Å². The standard InChI is InChI=1S/C9H15NO3/c11-9(8-3-10-4-8)13-6-7-1-2-12-5-7/h7-8,10H,1-6H2. The van der Waals surface area contributed by atoms with Gasteiger partial charge in [0, 0.05) is 25.6 Å². The number of esters is 1. The quantitative estimate of drug-likeness (QED) is 0.618. The van der Waals surface area contributed by atoms with Gasteiger partial charge in [0.25, 0.3) is 0 Å². The zero-order valence-corrected chi connectivity index (χ0v) is 7.62. The van der Waals surface area contributed by atoms with E-state index in [-0.39, 0.29) is 11.9 Å². The number of hydrogen-bond donors (Lipinski definition) is 1. The molecular formula is C9H15NO3. The molecular weight excluding hydrogens is 170 g/mol. The molecule has 0 aromatic rings. The van der Waals surface area contributed by atoms with E-state index in [1.165, 1.54) is 0 Å². The Bertz CT molecular complexity index is 185. The second-order valence-corrected chi connectivity index (χ2v) is 3.71. The van der Waals surface area contributed by atoms with Gasteiger partial charge in [-0.2, -0.15) is 0 Å². The molecule has 4 nitrogen and oxygen atoms in total. The first-order valence-electron chi connectivity index (χ1n) is 4.81. The SMILES string of the molecule is O=C(OCC1CCOC1)C1CNC1. The predicted octanol–water partition coefficient (Wildman–Crippen LogP) is -0.215. The first-order valence-corrected chi connectivity index (χ1v) is 4.81. The van der Waals surface area contributed by atoms with E-state index in [1.54, 1.807) is 0 Å². The van der Waals surface area contributed by atoms with Crippen LogP contribution >= 0.6 is 0 Å². The maximum absolute atomic E-state index is 11.3. The van der Waals surface area contributed by atoms with E-state index in [2.05, 4.69) is 5.32 Å². The smallest absolute Gasteiger partial charge is 0.311 e. The minimum absolute atomic E-state index is 0.0503. The van der Waals surface area contributed by atoms with Gasteiger partial charge in [0.05, 0.1) is 19.1 Å². The lowest BCUT2D eigenvalue weighted by atomic mass is 10.0. The van der Waals surface area contributed by atoms with Gasteiger partial charge in [0.1, 0.15) is 0 Å². The monoisotopic (exact) mass is 185 g/mol. The van der Waals surface area contributed by atoms with Crippen LogP contribution in [0.15, 0.2) is 0 Å². The van der Waals surface area contributed by atoms with Crippen LogP contribution in [0, 0.1) is 11.8 Å². The normalized spacial score (nSPS) is 28.5. The van der Waals surface area contributed by atoms with Crippen molar-refractivity contribution in [3.63, 3.8) is 0 Å². The van der Waals surface area contributed by atoms with Crippen LogP contribution in [0.4, 0.5) is 0 Å². The Morgan fingerprint density at radius 1 is 1.54 bits per heavy atom. The van der Waals surface area contributed by atoms with Crippen molar-refractivity contribution in [1.82, 2.24) is 5.32 Å². The fourth-order valence-electron chi connectivity index (χ4n) is 1.49. The summed E-state index contributed by atoms with van der Waals surface area (Å²) in [5, 5.41) is 3.04. The molecule has 0 aromatic heterocycles. The molecule has 2 saturated heterocycles. The van der Waals surface area contributed by atoms with Gasteiger partial charge in [-0.3, -0.25) is 4.79 Å². The summed E-state index contributed by atoms with van der Waals surface area (Å²) in [6, 6.07) is 0. The van der Waals surface area contributed by atoms with Gasteiger partial charge in [-0.25, -0.2) is 0 Å². The first kappa shape index (κ1) is 8.97. The van der Waals surface area contributed by atoms with E-state index < -0.39 is 0 Å². The van der Waals surface area contributed by atoms with Crippen molar-refractivity contribution >= 4 is 5.97 Å². The molecule has 0 saturated carbocycles. The molecule has 2 aliphatic rings. The molecule has 1 unspecified atom stereocenters. The molecule has 13 heavy (non-hydrogen) atoms. The maximum atomic E-state index is 11.3. The molecule has 4 heteroatoms. The molecule has 2 aliphatic heterocycles. The van der Waals surface area contributed by atoms with Gasteiger partial charge in [0.2, 0.25) is 0 Å². The van der Waals surface area contributed by atoms with E-state index in [9.17, 15) is 4.79 Å². The zero-order chi connectivity index (χ0) is 9.10. The number of ether oxygens (including phenoxy) is 2. The number of nitrogens with one attached hydrogen (secondary N) is 1. The van der Waals surface area contributed by atoms with Gasteiger partial charge in [-0.15, -0.1) is 0 Å². The molecule has 0 aliphatic carbocycles. The summed E-state index contributed by atoms with van der Waals surface area (Å²) in [5.41, 5.74) is 0. The Hall–Kier alpha value is -0.610. The van der Waals surface area contributed by atoms with Crippen LogP contribution in [0.5, 0.6) is 0 Å². The van der Waals surface area contributed by atoms with E-state index >= 15 is 0 Å². The molecule has 0 amide bonds. The van der Waals surface area contributed by atoms with Crippen LogP contribution in [-0.4, -0.2) is 38.9 Å². The van der Waals surface area contributed by atoms with Crippen LogP contribution in [-0.2, 0) is 14.3 Å². The lowest BCUT2D eigenvalue weighted by molar-refractivity contribution is -0.151. The van der Waals surface area contributed by atoms with Gasteiger partial charge in [-0.1, -0.05) is 0 Å². The van der Waals surface area contributed by atoms with E-state index in [4.69, 9.17) is 9.47 Å². The summed E-state index contributed by atoms with van der Waals surface area (Å²) in [5.74, 6) is 0.477. The van der Waals surface area contributed by atoms with Gasteiger partial charge < -0.3 is 14.8 Å². The Labute approximate surface area is 77.6 Å². The van der Waals surface area contributed by atoms with Crippen LogP contribution in [0.2, 0.25) is 0 Å². The number of carbonyl (C=O) groups excluding carboxylic acids is 1. The summed E-state index contributed by atoms with van der Waals surface area (Å²) in [6.45, 7) is 3.65. The summed E-state index contributed by atoms with van der Waals surface area (Å²) in [7, 11) is 0. The topological polar surface area (TPSA) is 47.6 Å². The minimum atomic E-state index is -0.0503. The van der Waals surface area contributed by atoms with Crippen molar-refractivity contribution in [1.29, 1.82) is 0 Å². The molecule has 2 heterocycles. The third-order valence-electron chi connectivity index (χ3n) is 2.60. The lowest BCUT2D eigenvalue weighted by Gasteiger charge is -2.25. The average Bonchev–Trinajstić information content (AvgIpc) is 2.49. The first-order chi connectivity index (χ1) is 6.36. The molecule has 0 bridgehead atoms. The van der Waals surface area contributed by atoms with Crippen LogP contribution in [0.1, 0.15) is 6.42 Å². The molecule has 0 aromatic carbocycles. The second kappa shape index (κ2) is 4.07. The van der Waals surface area contributed by atoms with Crippen LogP contribution in [0.3, 0.4) is 0 Å². The van der Waals surface area contributed by atoms with Gasteiger partial charge in [-0.05, 0) is 6.42 Å². The Morgan fingerprint density at radius 3 is 2.92 bits per heavy atom. The average molecular weight is 185 g/mol. The number of rotatable bonds is 3. The Kier molecular flexibility index (Phi) is 2.80. The van der Waals surface area contributed by atoms with E-state index in [0.29, 0.717) is 12.5 Å². The third-order valence-corrected chi connectivity index (χ3v) is 2.60. The minimum Gasteiger partial charge on any atom is -0.465 e. The zero-order valence-electron chi connectivity index (χ0n) is 7.62. The van der Waals surface area contributed by atoms with Crippen LogP contribution in [0.25, 0.3) is 0 Å². The number of carbonyl (C=O) groups is 1. The van der Waals surface area contributed by atoms with Crippen molar-refractivity contribution in [2.75, 3.05) is 32.9 Å². The highest BCUT2D eigenvalue weighted by atomic mass is 16.5. The second-order valence-electron chi connectivity index (χ2n) is 3.71.